The van der Waals surface area contributed by atoms with Gasteiger partial charge in [-0.1, -0.05) is 0 Å². The average molecular weight is 172 g/mol. The minimum atomic E-state index is -0.660. The Balaban J connectivity index is 2.59. The van der Waals surface area contributed by atoms with E-state index in [4.69, 9.17) is 4.74 Å². The Morgan fingerprint density at radius 1 is 1.75 bits per heavy atom. The molecule has 0 aromatic carbocycles. The molecule has 1 rings (SSSR count). The van der Waals surface area contributed by atoms with Crippen molar-refractivity contribution in [3.63, 3.8) is 0 Å². The number of ether oxygens (including phenoxy) is 2. The summed E-state index contributed by atoms with van der Waals surface area (Å²) in [6, 6.07) is 0. The van der Waals surface area contributed by atoms with Gasteiger partial charge < -0.3 is 9.47 Å². The van der Waals surface area contributed by atoms with Crippen molar-refractivity contribution in [3.8, 4) is 0 Å². The molecular weight excluding hydrogens is 160 g/mol. The fourth-order valence-electron chi connectivity index (χ4n) is 1.20. The van der Waals surface area contributed by atoms with Crippen LogP contribution in [0.2, 0.25) is 0 Å². The fraction of sp³-hybridized carbons (Fsp3) is 0.750. The van der Waals surface area contributed by atoms with Gasteiger partial charge in [0.15, 0.2) is 0 Å². The highest BCUT2D eigenvalue weighted by Crippen LogP contribution is 2.33. The van der Waals surface area contributed by atoms with Crippen LogP contribution in [0, 0.1) is 5.41 Å². The van der Waals surface area contributed by atoms with E-state index in [1.165, 1.54) is 7.11 Å². The molecular formula is C8H12O4. The first kappa shape index (κ1) is 9.03. The maximum atomic E-state index is 11.1. The Kier molecular flexibility index (Phi) is 2.35. The number of hydrogen-bond donors (Lipinski definition) is 0. The van der Waals surface area contributed by atoms with Crippen molar-refractivity contribution in [1.82, 2.24) is 0 Å². The number of esters is 2. The highest BCUT2D eigenvalue weighted by molar-refractivity contribution is 5.84. The minimum Gasteiger partial charge on any atom is -0.469 e. The van der Waals surface area contributed by atoms with Gasteiger partial charge in [0.05, 0.1) is 25.6 Å². The van der Waals surface area contributed by atoms with Crippen LogP contribution in [0.25, 0.3) is 0 Å². The average Bonchev–Trinajstić information content (AvgIpc) is 2.32. The molecule has 1 saturated heterocycles. The Bertz CT molecular complexity index is 211. The van der Waals surface area contributed by atoms with Crippen molar-refractivity contribution in [3.05, 3.63) is 0 Å². The third kappa shape index (κ3) is 1.57. The number of hydrogen-bond acceptors (Lipinski definition) is 4. The van der Waals surface area contributed by atoms with Gasteiger partial charge in [-0.15, -0.1) is 0 Å². The molecule has 0 unspecified atom stereocenters. The van der Waals surface area contributed by atoms with Crippen molar-refractivity contribution in [1.29, 1.82) is 0 Å². The molecule has 0 bridgehead atoms. The SMILES string of the molecule is COC(=O)C[C@@]1(C)CCOC1=O. The third-order valence-corrected chi connectivity index (χ3v) is 2.14. The van der Waals surface area contributed by atoms with Gasteiger partial charge in [-0.05, 0) is 13.3 Å². The number of methoxy groups -OCH3 is 1. The fourth-order valence-corrected chi connectivity index (χ4v) is 1.20. The van der Waals surface area contributed by atoms with Crippen molar-refractivity contribution >= 4 is 11.9 Å². The molecule has 0 aliphatic carbocycles. The van der Waals surface area contributed by atoms with Crippen LogP contribution in [0.3, 0.4) is 0 Å². The number of carbonyl (C=O) groups excluding carboxylic acids is 2. The molecule has 1 atom stereocenters. The van der Waals surface area contributed by atoms with Crippen LogP contribution in [-0.2, 0) is 19.1 Å². The summed E-state index contributed by atoms with van der Waals surface area (Å²) in [5.41, 5.74) is -0.660. The summed E-state index contributed by atoms with van der Waals surface area (Å²) in [7, 11) is 1.31. The molecule has 0 saturated carbocycles. The van der Waals surface area contributed by atoms with Crippen LogP contribution >= 0.6 is 0 Å². The molecule has 0 amide bonds. The van der Waals surface area contributed by atoms with Gasteiger partial charge in [0.1, 0.15) is 0 Å². The lowest BCUT2D eigenvalue weighted by Crippen LogP contribution is -2.26. The Morgan fingerprint density at radius 2 is 2.42 bits per heavy atom. The van der Waals surface area contributed by atoms with E-state index in [9.17, 15) is 9.59 Å². The molecule has 1 fully saturated rings. The lowest BCUT2D eigenvalue weighted by atomic mass is 9.86. The monoisotopic (exact) mass is 172 g/mol. The summed E-state index contributed by atoms with van der Waals surface area (Å²) >= 11 is 0. The molecule has 4 heteroatoms. The van der Waals surface area contributed by atoms with Gasteiger partial charge in [-0.25, -0.2) is 0 Å². The highest BCUT2D eigenvalue weighted by atomic mass is 16.5. The topological polar surface area (TPSA) is 52.6 Å². The zero-order valence-corrected chi connectivity index (χ0v) is 7.25. The standard InChI is InChI=1S/C8H12O4/c1-8(5-6(9)11-2)3-4-12-7(8)10/h3-5H2,1-2H3/t8-/m1/s1. The first-order valence-electron chi connectivity index (χ1n) is 3.82. The molecule has 0 N–H and O–H groups in total. The number of cyclic esters (lactones) is 1. The first-order valence-corrected chi connectivity index (χ1v) is 3.82. The van der Waals surface area contributed by atoms with Crippen LogP contribution in [0.1, 0.15) is 19.8 Å². The van der Waals surface area contributed by atoms with Gasteiger partial charge in [0.2, 0.25) is 0 Å². The normalized spacial score (nSPS) is 28.3. The van der Waals surface area contributed by atoms with Crippen LogP contribution in [0.4, 0.5) is 0 Å². The molecule has 0 aromatic rings. The van der Waals surface area contributed by atoms with Crippen LogP contribution in [0.15, 0.2) is 0 Å². The molecule has 0 radical (unpaired) electrons. The maximum Gasteiger partial charge on any atom is 0.312 e. The lowest BCUT2D eigenvalue weighted by molar-refractivity contribution is -0.152. The van der Waals surface area contributed by atoms with Crippen molar-refractivity contribution in [2.45, 2.75) is 19.8 Å². The van der Waals surface area contributed by atoms with Gasteiger partial charge in [0.25, 0.3) is 0 Å². The first-order chi connectivity index (χ1) is 5.58. The molecule has 1 aliphatic rings. The predicted molar refractivity (Wildman–Crippen MR) is 40.3 cm³/mol. The predicted octanol–water partition coefficient (Wildman–Crippen LogP) is 0.503. The number of rotatable bonds is 2. The van der Waals surface area contributed by atoms with Crippen LogP contribution in [0.5, 0.6) is 0 Å². The van der Waals surface area contributed by atoms with E-state index in [1.807, 2.05) is 0 Å². The van der Waals surface area contributed by atoms with Crippen LogP contribution in [-0.4, -0.2) is 25.7 Å². The van der Waals surface area contributed by atoms with Crippen molar-refractivity contribution in [2.24, 2.45) is 5.41 Å². The van der Waals surface area contributed by atoms with Crippen molar-refractivity contribution in [2.75, 3.05) is 13.7 Å². The molecule has 4 nitrogen and oxygen atoms in total. The minimum absolute atomic E-state index is 0.113. The van der Waals surface area contributed by atoms with Crippen molar-refractivity contribution < 1.29 is 19.1 Å². The van der Waals surface area contributed by atoms with E-state index < -0.39 is 5.41 Å². The zero-order chi connectivity index (χ0) is 9.19. The highest BCUT2D eigenvalue weighted by Gasteiger charge is 2.41. The molecule has 1 heterocycles. The van der Waals surface area contributed by atoms with E-state index in [1.54, 1.807) is 6.92 Å². The number of carbonyl (C=O) groups is 2. The summed E-state index contributed by atoms with van der Waals surface area (Å²) in [4.78, 5) is 22.0. The second-order valence-electron chi connectivity index (χ2n) is 3.20. The van der Waals surface area contributed by atoms with Gasteiger partial charge in [-0.2, -0.15) is 0 Å². The van der Waals surface area contributed by atoms with E-state index in [0.717, 1.165) is 0 Å². The second kappa shape index (κ2) is 3.13. The van der Waals surface area contributed by atoms with Crippen LogP contribution < -0.4 is 0 Å². The molecule has 0 aromatic heterocycles. The zero-order valence-electron chi connectivity index (χ0n) is 7.25. The summed E-state index contributed by atoms with van der Waals surface area (Å²) < 4.78 is 9.25. The van der Waals surface area contributed by atoms with Gasteiger partial charge in [0, 0.05) is 0 Å². The Labute approximate surface area is 70.8 Å². The summed E-state index contributed by atoms with van der Waals surface area (Å²) in [6.07, 6.45) is 0.712. The molecule has 12 heavy (non-hydrogen) atoms. The summed E-state index contributed by atoms with van der Waals surface area (Å²) in [5, 5.41) is 0. The second-order valence-corrected chi connectivity index (χ2v) is 3.20. The van der Waals surface area contributed by atoms with Gasteiger partial charge >= 0.3 is 11.9 Å². The molecule has 0 spiro atoms. The molecule has 68 valence electrons. The smallest absolute Gasteiger partial charge is 0.312 e. The Morgan fingerprint density at radius 3 is 2.83 bits per heavy atom. The quantitative estimate of drug-likeness (QED) is 0.569. The lowest BCUT2D eigenvalue weighted by Gasteiger charge is -2.15. The van der Waals surface area contributed by atoms with E-state index >= 15 is 0 Å². The largest absolute Gasteiger partial charge is 0.469 e. The summed E-state index contributed by atoms with van der Waals surface area (Å²) in [6.45, 7) is 2.13. The van der Waals surface area contributed by atoms with E-state index in [-0.39, 0.29) is 18.4 Å². The van der Waals surface area contributed by atoms with Gasteiger partial charge in [-0.3, -0.25) is 9.59 Å². The third-order valence-electron chi connectivity index (χ3n) is 2.14. The summed E-state index contributed by atoms with van der Waals surface area (Å²) in [5.74, 6) is -0.663. The van der Waals surface area contributed by atoms with E-state index in [2.05, 4.69) is 4.74 Å². The molecule has 1 aliphatic heterocycles. The maximum absolute atomic E-state index is 11.1. The van der Waals surface area contributed by atoms with E-state index in [0.29, 0.717) is 13.0 Å². The Hall–Kier alpha value is -1.06.